The second kappa shape index (κ2) is 5.57. The van der Waals surface area contributed by atoms with Crippen LogP contribution in [-0.4, -0.2) is 34.1 Å². The first kappa shape index (κ1) is 17.4. The fourth-order valence-electron chi connectivity index (χ4n) is 6.22. The highest BCUT2D eigenvalue weighted by molar-refractivity contribution is 5.26. The van der Waals surface area contributed by atoms with Gasteiger partial charge in [-0.1, -0.05) is 39.3 Å². The molecule has 0 bridgehead atoms. The van der Waals surface area contributed by atoms with Gasteiger partial charge in [0.2, 0.25) is 0 Å². The molecule has 0 amide bonds. The van der Waals surface area contributed by atoms with Gasteiger partial charge in [0, 0.05) is 10.8 Å². The lowest BCUT2D eigenvalue weighted by Gasteiger charge is -2.61. The minimum Gasteiger partial charge on any atom is -0.394 e. The summed E-state index contributed by atoms with van der Waals surface area (Å²) in [6, 6.07) is 0. The van der Waals surface area contributed by atoms with Crippen molar-refractivity contribution in [3.8, 4) is 0 Å². The van der Waals surface area contributed by atoms with Gasteiger partial charge in [-0.25, -0.2) is 0 Å². The van der Waals surface area contributed by atoms with E-state index in [1.807, 2.05) is 0 Å². The first-order valence-electron chi connectivity index (χ1n) is 9.34. The molecule has 6 unspecified atom stereocenters. The fraction of sp³-hybridized carbons (Fsp3) is 0.900. The Bertz CT molecular complexity index is 497. The number of rotatable bonds is 2. The van der Waals surface area contributed by atoms with Crippen molar-refractivity contribution in [3.63, 3.8) is 0 Å². The van der Waals surface area contributed by atoms with Crippen LogP contribution in [0.15, 0.2) is 11.6 Å². The first-order chi connectivity index (χ1) is 10.6. The Morgan fingerprint density at radius 2 is 1.83 bits per heavy atom. The van der Waals surface area contributed by atoms with Crippen molar-refractivity contribution in [2.24, 2.45) is 28.1 Å². The van der Waals surface area contributed by atoms with Crippen molar-refractivity contribution < 1.29 is 15.3 Å². The topological polar surface area (TPSA) is 60.7 Å². The van der Waals surface area contributed by atoms with Crippen LogP contribution in [0.4, 0.5) is 0 Å². The molecule has 3 nitrogen and oxygen atoms in total. The van der Waals surface area contributed by atoms with E-state index in [-0.39, 0.29) is 23.5 Å². The molecule has 0 aliphatic heterocycles. The summed E-state index contributed by atoms with van der Waals surface area (Å²) in [7, 11) is 0. The van der Waals surface area contributed by atoms with E-state index in [0.29, 0.717) is 17.3 Å². The summed E-state index contributed by atoms with van der Waals surface area (Å²) in [4.78, 5) is 0. The average molecular weight is 322 g/mol. The molecule has 3 N–H and O–H groups in total. The number of allylic oxidation sites excluding steroid dienone is 1. The predicted molar refractivity (Wildman–Crippen MR) is 91.9 cm³/mol. The third kappa shape index (κ3) is 2.51. The van der Waals surface area contributed by atoms with Gasteiger partial charge in [-0.15, -0.1) is 0 Å². The van der Waals surface area contributed by atoms with E-state index in [4.69, 9.17) is 0 Å². The predicted octanol–water partition coefficient (Wildman–Crippen LogP) is 3.28. The molecule has 6 atom stereocenters. The molecule has 3 aliphatic rings. The third-order valence-corrected chi connectivity index (χ3v) is 7.82. The monoisotopic (exact) mass is 322 g/mol. The molecule has 0 heterocycles. The number of hydrogen-bond acceptors (Lipinski definition) is 3. The van der Waals surface area contributed by atoms with Gasteiger partial charge < -0.3 is 15.3 Å². The molecule has 0 radical (unpaired) electrons. The zero-order valence-corrected chi connectivity index (χ0v) is 15.2. The Balaban J connectivity index is 1.97. The van der Waals surface area contributed by atoms with Gasteiger partial charge in [-0.05, 0) is 55.8 Å². The second-order valence-corrected chi connectivity index (χ2v) is 9.52. The van der Waals surface area contributed by atoms with Crippen molar-refractivity contribution in [1.82, 2.24) is 0 Å². The molecular formula is C20H34O3. The zero-order chi connectivity index (χ0) is 17.0. The summed E-state index contributed by atoms with van der Waals surface area (Å²) < 4.78 is 0. The van der Waals surface area contributed by atoms with Crippen LogP contribution in [0.25, 0.3) is 0 Å². The van der Waals surface area contributed by atoms with Crippen LogP contribution in [-0.2, 0) is 0 Å². The molecule has 0 saturated heterocycles. The van der Waals surface area contributed by atoms with Gasteiger partial charge in [-0.2, -0.15) is 0 Å². The van der Waals surface area contributed by atoms with Crippen LogP contribution in [0.1, 0.15) is 66.2 Å². The van der Waals surface area contributed by atoms with Gasteiger partial charge in [0.25, 0.3) is 0 Å². The number of aliphatic hydroxyl groups excluding tert-OH is 3. The average Bonchev–Trinajstić information content (AvgIpc) is 2.50. The van der Waals surface area contributed by atoms with Crippen LogP contribution in [0.2, 0.25) is 0 Å². The molecule has 0 aromatic carbocycles. The highest BCUT2D eigenvalue weighted by atomic mass is 16.3. The van der Waals surface area contributed by atoms with E-state index < -0.39 is 6.10 Å². The maximum atomic E-state index is 10.9. The van der Waals surface area contributed by atoms with Crippen molar-refractivity contribution in [2.75, 3.05) is 6.61 Å². The molecule has 0 aromatic heterocycles. The smallest absolute Gasteiger partial charge is 0.0858 e. The highest BCUT2D eigenvalue weighted by Crippen LogP contribution is 2.63. The fourth-order valence-corrected chi connectivity index (χ4v) is 6.22. The molecule has 3 aliphatic carbocycles. The van der Waals surface area contributed by atoms with Gasteiger partial charge in [-0.3, -0.25) is 0 Å². The van der Waals surface area contributed by atoms with Crippen LogP contribution in [0.5, 0.6) is 0 Å². The Kier molecular flexibility index (Phi) is 4.23. The van der Waals surface area contributed by atoms with Crippen LogP contribution >= 0.6 is 0 Å². The van der Waals surface area contributed by atoms with Crippen molar-refractivity contribution in [1.29, 1.82) is 0 Å². The van der Waals surface area contributed by atoms with Crippen molar-refractivity contribution in [3.05, 3.63) is 11.6 Å². The van der Waals surface area contributed by atoms with Crippen LogP contribution < -0.4 is 0 Å². The number of fused-ring (bicyclic) bond motifs is 3. The van der Waals surface area contributed by atoms with Gasteiger partial charge in [0.1, 0.15) is 0 Å². The van der Waals surface area contributed by atoms with Crippen molar-refractivity contribution >= 4 is 0 Å². The van der Waals surface area contributed by atoms with Crippen LogP contribution in [0, 0.1) is 28.1 Å². The largest absolute Gasteiger partial charge is 0.394 e. The first-order valence-corrected chi connectivity index (χ1v) is 9.34. The molecule has 2 saturated carbocycles. The number of aliphatic hydroxyl groups is 3. The van der Waals surface area contributed by atoms with Crippen LogP contribution in [0.3, 0.4) is 0 Å². The number of hydrogen-bond donors (Lipinski definition) is 3. The summed E-state index contributed by atoms with van der Waals surface area (Å²) in [5.74, 6) is 0.989. The van der Waals surface area contributed by atoms with E-state index in [1.165, 1.54) is 5.57 Å². The van der Waals surface area contributed by atoms with E-state index in [9.17, 15) is 15.3 Å². The maximum Gasteiger partial charge on any atom is 0.0858 e. The lowest BCUT2D eigenvalue weighted by molar-refractivity contribution is -0.143. The molecular weight excluding hydrogens is 288 g/mol. The standard InChI is InChI=1S/C20H34O3/c1-18(2)9-8-16(22)20(4)14-7-10-19(3,17(23)12-21)11-13(14)5-6-15(18)20/h11,14-17,21-23H,5-10,12H2,1-4H3. The minimum absolute atomic E-state index is 0.0443. The SMILES string of the molecule is CC1(C)CCC(O)C2(C)C3CCC(C)(C(O)CO)C=C3CCC12. The summed E-state index contributed by atoms with van der Waals surface area (Å²) in [5, 5.41) is 30.5. The summed E-state index contributed by atoms with van der Waals surface area (Å²) >= 11 is 0. The molecule has 0 aromatic rings. The summed E-state index contributed by atoms with van der Waals surface area (Å²) in [6.07, 6.45) is 7.47. The Morgan fingerprint density at radius 3 is 2.48 bits per heavy atom. The van der Waals surface area contributed by atoms with Gasteiger partial charge in [0.05, 0.1) is 18.8 Å². The van der Waals surface area contributed by atoms with E-state index in [0.717, 1.165) is 38.5 Å². The lowest BCUT2D eigenvalue weighted by atomic mass is 9.44. The Hall–Kier alpha value is -0.380. The summed E-state index contributed by atoms with van der Waals surface area (Å²) in [5.41, 5.74) is 1.35. The molecule has 23 heavy (non-hydrogen) atoms. The molecule has 0 spiro atoms. The van der Waals surface area contributed by atoms with Gasteiger partial charge in [0.15, 0.2) is 0 Å². The zero-order valence-electron chi connectivity index (χ0n) is 15.2. The summed E-state index contributed by atoms with van der Waals surface area (Å²) in [6.45, 7) is 8.94. The Labute approximate surface area is 140 Å². The van der Waals surface area contributed by atoms with E-state index >= 15 is 0 Å². The van der Waals surface area contributed by atoms with E-state index in [2.05, 4.69) is 33.8 Å². The van der Waals surface area contributed by atoms with E-state index in [1.54, 1.807) is 0 Å². The second-order valence-electron chi connectivity index (χ2n) is 9.52. The normalized spacial score (nSPS) is 47.3. The van der Waals surface area contributed by atoms with Gasteiger partial charge >= 0.3 is 0 Å². The quantitative estimate of drug-likeness (QED) is 0.684. The third-order valence-electron chi connectivity index (χ3n) is 7.82. The lowest BCUT2D eigenvalue weighted by Crippen LogP contribution is -2.57. The highest BCUT2D eigenvalue weighted by Gasteiger charge is 2.58. The molecule has 2 fully saturated rings. The maximum absolute atomic E-state index is 10.9. The molecule has 3 rings (SSSR count). The minimum atomic E-state index is -0.686. The molecule has 3 heteroatoms. The Morgan fingerprint density at radius 1 is 1.13 bits per heavy atom. The van der Waals surface area contributed by atoms with Crippen molar-refractivity contribution in [2.45, 2.75) is 78.4 Å². The molecule has 132 valence electrons.